The molecule has 3 heterocycles. The predicted octanol–water partition coefficient (Wildman–Crippen LogP) is 2.91. The number of carbonyl (C=O) groups excluding carboxylic acids is 1. The molecule has 3 unspecified atom stereocenters. The van der Waals surface area contributed by atoms with E-state index in [9.17, 15) is 4.79 Å². The molecule has 154 valence electrons. The topological polar surface area (TPSA) is 61.6 Å². The van der Waals surface area contributed by atoms with Crippen LogP contribution >= 0.6 is 0 Å². The Morgan fingerprint density at radius 2 is 1.90 bits per heavy atom. The average Bonchev–Trinajstić information content (AvgIpc) is 3.41. The SMILES string of the molecule is O=C(C1CC2CCCCC2N1)N1CCN(Cc2ncc(-c3ccccc3)o2)CC1. The van der Waals surface area contributed by atoms with E-state index in [0.29, 0.717) is 24.4 Å². The summed E-state index contributed by atoms with van der Waals surface area (Å²) in [5.74, 6) is 2.57. The van der Waals surface area contributed by atoms with Crippen LogP contribution in [-0.4, -0.2) is 59.0 Å². The second kappa shape index (κ2) is 8.28. The quantitative estimate of drug-likeness (QED) is 0.864. The van der Waals surface area contributed by atoms with E-state index in [1.54, 1.807) is 6.20 Å². The number of hydrogen-bond donors (Lipinski definition) is 1. The van der Waals surface area contributed by atoms with E-state index in [0.717, 1.165) is 49.8 Å². The van der Waals surface area contributed by atoms with Gasteiger partial charge in [0.1, 0.15) is 0 Å². The lowest BCUT2D eigenvalue weighted by Crippen LogP contribution is -2.53. The van der Waals surface area contributed by atoms with E-state index in [1.807, 2.05) is 30.3 Å². The first-order valence-electron chi connectivity index (χ1n) is 11.0. The van der Waals surface area contributed by atoms with Crippen LogP contribution in [0.3, 0.4) is 0 Å². The summed E-state index contributed by atoms with van der Waals surface area (Å²) in [6, 6.07) is 10.7. The normalized spacial score (nSPS) is 27.7. The summed E-state index contributed by atoms with van der Waals surface area (Å²) >= 11 is 0. The van der Waals surface area contributed by atoms with E-state index < -0.39 is 0 Å². The van der Waals surface area contributed by atoms with Gasteiger partial charge >= 0.3 is 0 Å². The number of nitrogens with zero attached hydrogens (tertiary/aromatic N) is 3. The number of oxazole rings is 1. The first kappa shape index (κ1) is 18.8. The first-order chi connectivity index (χ1) is 14.3. The van der Waals surface area contributed by atoms with Crippen LogP contribution in [0.5, 0.6) is 0 Å². The zero-order valence-electron chi connectivity index (χ0n) is 16.9. The van der Waals surface area contributed by atoms with Crippen LogP contribution in [0.2, 0.25) is 0 Å². The van der Waals surface area contributed by atoms with E-state index >= 15 is 0 Å². The van der Waals surface area contributed by atoms with Crippen LogP contribution in [0.1, 0.15) is 38.0 Å². The van der Waals surface area contributed by atoms with Gasteiger partial charge in [0.15, 0.2) is 5.76 Å². The number of hydrogen-bond acceptors (Lipinski definition) is 5. The van der Waals surface area contributed by atoms with Gasteiger partial charge in [0, 0.05) is 37.8 Å². The zero-order chi connectivity index (χ0) is 19.6. The number of aromatic nitrogens is 1. The van der Waals surface area contributed by atoms with E-state index in [4.69, 9.17) is 4.42 Å². The Kier molecular flexibility index (Phi) is 5.38. The van der Waals surface area contributed by atoms with Crippen molar-refractivity contribution >= 4 is 5.91 Å². The highest BCUT2D eigenvalue weighted by Gasteiger charge is 2.40. The molecule has 2 aliphatic heterocycles. The Morgan fingerprint density at radius 3 is 2.69 bits per heavy atom. The highest BCUT2D eigenvalue weighted by atomic mass is 16.4. The van der Waals surface area contributed by atoms with Gasteiger partial charge in [0.25, 0.3) is 0 Å². The Morgan fingerprint density at radius 1 is 1.10 bits per heavy atom. The minimum absolute atomic E-state index is 0.0369. The van der Waals surface area contributed by atoms with Crippen LogP contribution < -0.4 is 5.32 Å². The molecular weight excluding hydrogens is 364 g/mol. The van der Waals surface area contributed by atoms with Crippen LogP contribution in [0.15, 0.2) is 40.9 Å². The van der Waals surface area contributed by atoms with E-state index in [1.165, 1.54) is 25.7 Å². The molecule has 0 spiro atoms. The summed E-state index contributed by atoms with van der Waals surface area (Å²) in [5, 5.41) is 3.63. The molecule has 1 amide bonds. The third-order valence-corrected chi connectivity index (χ3v) is 6.82. The standard InChI is InChI=1S/C23H30N4O2/c28-23(20-14-18-8-4-5-9-19(18)25-20)27-12-10-26(11-13-27)16-22-24-15-21(29-22)17-6-2-1-3-7-17/h1-3,6-7,15,18-20,25H,4-5,8-14,16H2. The van der Waals surface area contributed by atoms with Crippen molar-refractivity contribution in [3.8, 4) is 11.3 Å². The number of carbonyl (C=O) groups is 1. The number of amides is 1. The van der Waals surface area contributed by atoms with Gasteiger partial charge in [-0.05, 0) is 25.2 Å². The molecule has 3 atom stereocenters. The molecule has 0 bridgehead atoms. The van der Waals surface area contributed by atoms with Gasteiger partial charge in [0.05, 0.1) is 18.8 Å². The maximum absolute atomic E-state index is 13.0. The average molecular weight is 395 g/mol. The summed E-state index contributed by atoms with van der Waals surface area (Å²) in [7, 11) is 0. The lowest BCUT2D eigenvalue weighted by Gasteiger charge is -2.35. The van der Waals surface area contributed by atoms with Gasteiger partial charge in [-0.1, -0.05) is 43.2 Å². The van der Waals surface area contributed by atoms with Gasteiger partial charge in [-0.3, -0.25) is 9.69 Å². The minimum atomic E-state index is 0.0369. The second-order valence-electron chi connectivity index (χ2n) is 8.69. The second-order valence-corrected chi connectivity index (χ2v) is 8.69. The van der Waals surface area contributed by atoms with Gasteiger partial charge in [0.2, 0.25) is 11.8 Å². The van der Waals surface area contributed by atoms with Crippen LogP contribution in [-0.2, 0) is 11.3 Å². The van der Waals surface area contributed by atoms with Crippen molar-refractivity contribution in [2.45, 2.75) is 50.7 Å². The molecule has 5 rings (SSSR count). The fraction of sp³-hybridized carbons (Fsp3) is 0.565. The summed E-state index contributed by atoms with van der Waals surface area (Å²) in [6.45, 7) is 4.01. The van der Waals surface area contributed by atoms with Crippen LogP contribution in [0.4, 0.5) is 0 Å². The third kappa shape index (κ3) is 4.09. The fourth-order valence-corrected chi connectivity index (χ4v) is 5.17. The molecule has 1 aromatic carbocycles. The van der Waals surface area contributed by atoms with Crippen molar-refractivity contribution in [2.24, 2.45) is 5.92 Å². The molecular formula is C23H30N4O2. The molecule has 3 aliphatic rings. The highest BCUT2D eigenvalue weighted by Crippen LogP contribution is 2.33. The molecule has 3 fully saturated rings. The Balaban J connectivity index is 1.12. The summed E-state index contributed by atoms with van der Waals surface area (Å²) < 4.78 is 5.94. The van der Waals surface area contributed by atoms with Crippen molar-refractivity contribution in [1.82, 2.24) is 20.1 Å². The van der Waals surface area contributed by atoms with Crippen molar-refractivity contribution in [3.63, 3.8) is 0 Å². The van der Waals surface area contributed by atoms with E-state index in [2.05, 4.69) is 20.1 Å². The van der Waals surface area contributed by atoms with Gasteiger partial charge in [-0.2, -0.15) is 0 Å². The number of rotatable bonds is 4. The monoisotopic (exact) mass is 394 g/mol. The maximum Gasteiger partial charge on any atom is 0.239 e. The number of fused-ring (bicyclic) bond motifs is 1. The predicted molar refractivity (Wildman–Crippen MR) is 111 cm³/mol. The molecule has 1 N–H and O–H groups in total. The van der Waals surface area contributed by atoms with Gasteiger partial charge in [-0.25, -0.2) is 4.98 Å². The lowest BCUT2D eigenvalue weighted by atomic mass is 9.85. The minimum Gasteiger partial charge on any atom is -0.439 e. The van der Waals surface area contributed by atoms with Crippen molar-refractivity contribution < 1.29 is 9.21 Å². The van der Waals surface area contributed by atoms with Crippen molar-refractivity contribution in [2.75, 3.05) is 26.2 Å². The first-order valence-corrected chi connectivity index (χ1v) is 11.0. The van der Waals surface area contributed by atoms with Crippen molar-refractivity contribution in [3.05, 3.63) is 42.4 Å². The van der Waals surface area contributed by atoms with Crippen molar-refractivity contribution in [1.29, 1.82) is 0 Å². The largest absolute Gasteiger partial charge is 0.439 e. The van der Waals surface area contributed by atoms with Crippen LogP contribution in [0, 0.1) is 5.92 Å². The Hall–Kier alpha value is -2.18. The Labute approximate surface area is 172 Å². The Bertz CT molecular complexity index is 814. The highest BCUT2D eigenvalue weighted by molar-refractivity contribution is 5.82. The zero-order valence-corrected chi connectivity index (χ0v) is 16.9. The smallest absolute Gasteiger partial charge is 0.239 e. The fourth-order valence-electron chi connectivity index (χ4n) is 5.17. The molecule has 0 radical (unpaired) electrons. The summed E-state index contributed by atoms with van der Waals surface area (Å²) in [6.07, 6.45) is 7.99. The lowest BCUT2D eigenvalue weighted by molar-refractivity contribution is -0.135. The molecule has 2 aromatic rings. The molecule has 1 aliphatic carbocycles. The third-order valence-electron chi connectivity index (χ3n) is 6.82. The summed E-state index contributed by atoms with van der Waals surface area (Å²) in [4.78, 5) is 21.8. The molecule has 6 heteroatoms. The molecule has 1 saturated carbocycles. The number of nitrogens with one attached hydrogen (secondary N) is 1. The molecule has 1 aromatic heterocycles. The van der Waals surface area contributed by atoms with Gasteiger partial charge in [-0.15, -0.1) is 0 Å². The van der Waals surface area contributed by atoms with Crippen LogP contribution in [0.25, 0.3) is 11.3 Å². The number of piperazine rings is 1. The van der Waals surface area contributed by atoms with E-state index in [-0.39, 0.29) is 6.04 Å². The maximum atomic E-state index is 13.0. The van der Waals surface area contributed by atoms with Gasteiger partial charge < -0.3 is 14.6 Å². The summed E-state index contributed by atoms with van der Waals surface area (Å²) in [5.41, 5.74) is 1.05. The molecule has 6 nitrogen and oxygen atoms in total. The molecule has 2 saturated heterocycles. The molecule has 29 heavy (non-hydrogen) atoms. The number of benzene rings is 1.